The number of amides is 3. The summed E-state index contributed by atoms with van der Waals surface area (Å²) < 4.78 is 60.1. The molecule has 5 rings (SSSR count). The van der Waals surface area contributed by atoms with Crippen LogP contribution < -0.4 is 20.6 Å². The molecular weight excluding hydrogens is 665 g/mol. The molecule has 3 N–H and O–H groups in total. The van der Waals surface area contributed by atoms with Crippen molar-refractivity contribution in [3.05, 3.63) is 65.9 Å². The number of aromatic nitrogens is 2. The van der Waals surface area contributed by atoms with E-state index in [9.17, 15) is 22.8 Å². The van der Waals surface area contributed by atoms with Gasteiger partial charge in [0.05, 0.1) is 18.1 Å². The molecule has 3 amide bonds. The monoisotopic (exact) mass is 711 g/mol. The molecule has 2 atom stereocenters. The maximum atomic E-state index is 13.9. The summed E-state index contributed by atoms with van der Waals surface area (Å²) in [5.41, 5.74) is -0.702. The Morgan fingerprint density at radius 1 is 1.00 bits per heavy atom. The van der Waals surface area contributed by atoms with E-state index in [1.807, 2.05) is 0 Å². The van der Waals surface area contributed by atoms with E-state index in [4.69, 9.17) is 14.0 Å². The summed E-state index contributed by atoms with van der Waals surface area (Å²) in [4.78, 5) is 28.6. The van der Waals surface area contributed by atoms with Crippen molar-refractivity contribution in [2.75, 3.05) is 49.8 Å². The van der Waals surface area contributed by atoms with Gasteiger partial charge in [-0.3, -0.25) is 14.6 Å². The van der Waals surface area contributed by atoms with Gasteiger partial charge >= 0.3 is 18.1 Å². The quantitative estimate of drug-likeness (QED) is 0.105. The lowest BCUT2D eigenvalue weighted by molar-refractivity contribution is -0.787. The van der Waals surface area contributed by atoms with Gasteiger partial charge in [-0.25, -0.2) is 4.79 Å². The van der Waals surface area contributed by atoms with Crippen LogP contribution in [0.1, 0.15) is 80.9 Å². The summed E-state index contributed by atoms with van der Waals surface area (Å²) in [5, 5.41) is 11.6. The van der Waals surface area contributed by atoms with Crippen LogP contribution in [0.25, 0.3) is 0 Å². The third-order valence-electron chi connectivity index (χ3n) is 8.94. The lowest BCUT2D eigenvalue weighted by Gasteiger charge is -2.26. The number of alkyl halides is 3. The first-order valence-electron chi connectivity index (χ1n) is 17.4. The lowest BCUT2D eigenvalue weighted by atomic mass is 9.86. The van der Waals surface area contributed by atoms with Gasteiger partial charge in [-0.1, -0.05) is 30.3 Å². The normalized spacial score (nSPS) is 19.8. The lowest BCUT2D eigenvalue weighted by Crippen LogP contribution is -2.43. The van der Waals surface area contributed by atoms with Crippen molar-refractivity contribution in [1.82, 2.24) is 10.2 Å². The van der Waals surface area contributed by atoms with Crippen LogP contribution in [0.4, 0.5) is 35.2 Å². The van der Waals surface area contributed by atoms with Crippen LogP contribution in [0, 0.1) is 17.8 Å². The fraction of sp³-hybridized carbons (Fsp3) is 0.514. The molecule has 0 radical (unpaired) electrons. The highest BCUT2D eigenvalue weighted by Crippen LogP contribution is 2.34. The first-order chi connectivity index (χ1) is 24.5. The van der Waals surface area contributed by atoms with Gasteiger partial charge in [0, 0.05) is 50.2 Å². The Kier molecular flexibility index (Phi) is 13.5. The van der Waals surface area contributed by atoms with Crippen molar-refractivity contribution in [1.29, 1.82) is 0 Å². The van der Waals surface area contributed by atoms with Crippen molar-refractivity contribution in [3.63, 3.8) is 0 Å². The van der Waals surface area contributed by atoms with E-state index in [0.717, 1.165) is 63.6 Å². The number of hydrogen-bond acceptors (Lipinski definition) is 7. The standard InChI is InChI=1S/C37H45F3N6O5/c1-45(2)24-26-15-17-31(18-16-26)46-25-33(51-44-46)43-36(48)42-30-22-28(37(38,39)40)21-29(23-30)41-35(47)32(27-11-5-3-6-12-27)13-7-4-9-19-49-34-14-8-10-20-50-34/h3,5-6,11-12,21-23,25-26,31-32,34H,8-10,13-20,24H2,1-2H3,(H2-,41,42,43,44,47,48)/p+1. The first-order valence-corrected chi connectivity index (χ1v) is 17.4. The number of ether oxygens (including phenoxy) is 2. The zero-order valence-corrected chi connectivity index (χ0v) is 29.0. The molecule has 1 aliphatic carbocycles. The molecule has 2 unspecified atom stereocenters. The number of carbonyl (C=O) groups excluding carboxylic acids is 2. The molecule has 14 heteroatoms. The fourth-order valence-electron chi connectivity index (χ4n) is 6.43. The Morgan fingerprint density at radius 2 is 1.75 bits per heavy atom. The van der Waals surface area contributed by atoms with Crippen LogP contribution in [0.3, 0.4) is 0 Å². The van der Waals surface area contributed by atoms with Crippen molar-refractivity contribution >= 4 is 29.2 Å². The summed E-state index contributed by atoms with van der Waals surface area (Å²) in [6.45, 7) is 2.10. The molecule has 2 fully saturated rings. The highest BCUT2D eigenvalue weighted by molar-refractivity contribution is 6.00. The number of rotatable bonds is 12. The SMILES string of the molecule is CN(C)CC1CCC([n+]2cc(NC(=O)Nc3cc(NC(=O)C(CC#CCCOC4CCCCO4)c4ccccc4)cc(C(F)(F)F)c3)on2)CC1. The van der Waals surface area contributed by atoms with Gasteiger partial charge in [0.1, 0.15) is 0 Å². The average Bonchev–Trinajstić information content (AvgIpc) is 3.56. The van der Waals surface area contributed by atoms with Gasteiger partial charge in [0.2, 0.25) is 11.2 Å². The highest BCUT2D eigenvalue weighted by Gasteiger charge is 2.33. The Balaban J connectivity index is 1.21. The van der Waals surface area contributed by atoms with Crippen LogP contribution >= 0.6 is 0 Å². The number of urea groups is 1. The smallest absolute Gasteiger partial charge is 0.353 e. The Labute approximate surface area is 296 Å². The van der Waals surface area contributed by atoms with Crippen molar-refractivity contribution in [2.24, 2.45) is 5.92 Å². The number of carbonyl (C=O) groups is 2. The molecule has 3 aromatic rings. The van der Waals surface area contributed by atoms with E-state index in [2.05, 4.69) is 52.1 Å². The number of nitrogens with one attached hydrogen (secondary N) is 3. The molecule has 0 bridgehead atoms. The molecule has 274 valence electrons. The molecule has 1 saturated carbocycles. The summed E-state index contributed by atoms with van der Waals surface area (Å²) in [6, 6.07) is 11.1. The number of anilines is 3. The summed E-state index contributed by atoms with van der Waals surface area (Å²) in [6.07, 6.45) is 4.05. The van der Waals surface area contributed by atoms with E-state index < -0.39 is 29.6 Å². The number of benzene rings is 2. The zero-order chi connectivity index (χ0) is 36.2. The molecule has 1 saturated heterocycles. The van der Waals surface area contributed by atoms with E-state index in [0.29, 0.717) is 31.1 Å². The highest BCUT2D eigenvalue weighted by atomic mass is 19.4. The number of halogens is 3. The van der Waals surface area contributed by atoms with Crippen molar-refractivity contribution < 1.29 is 41.4 Å². The predicted molar refractivity (Wildman–Crippen MR) is 185 cm³/mol. The van der Waals surface area contributed by atoms with Gasteiger partial charge in [-0.05, 0) is 80.6 Å². The maximum absolute atomic E-state index is 13.9. The molecule has 11 nitrogen and oxygen atoms in total. The van der Waals surface area contributed by atoms with Gasteiger partial charge in [-0.2, -0.15) is 13.2 Å². The van der Waals surface area contributed by atoms with Crippen LogP contribution in [0.5, 0.6) is 0 Å². The fourth-order valence-corrected chi connectivity index (χ4v) is 6.43. The van der Waals surface area contributed by atoms with E-state index in [-0.39, 0.29) is 36.0 Å². The van der Waals surface area contributed by atoms with Crippen molar-refractivity contribution in [3.8, 4) is 11.8 Å². The second-order valence-corrected chi connectivity index (χ2v) is 13.3. The predicted octanol–water partition coefficient (Wildman–Crippen LogP) is 6.97. The van der Waals surface area contributed by atoms with E-state index >= 15 is 0 Å². The van der Waals surface area contributed by atoms with Gasteiger partial charge in [0.15, 0.2) is 12.3 Å². The number of nitrogens with zero attached hydrogens (tertiary/aromatic N) is 3. The van der Waals surface area contributed by atoms with Crippen LogP contribution in [-0.4, -0.2) is 62.3 Å². The second-order valence-electron chi connectivity index (χ2n) is 13.3. The zero-order valence-electron chi connectivity index (χ0n) is 29.0. The molecule has 1 aliphatic heterocycles. The largest absolute Gasteiger partial charge is 0.416 e. The maximum Gasteiger partial charge on any atom is 0.416 e. The van der Waals surface area contributed by atoms with Crippen LogP contribution in [0.2, 0.25) is 0 Å². The first kappa shape index (κ1) is 37.8. The van der Waals surface area contributed by atoms with Crippen LogP contribution in [0.15, 0.2) is 59.3 Å². The van der Waals surface area contributed by atoms with Gasteiger partial charge < -0.3 is 25.0 Å². The van der Waals surface area contributed by atoms with E-state index in [1.165, 1.54) is 6.07 Å². The van der Waals surface area contributed by atoms with E-state index in [1.54, 1.807) is 41.2 Å². The Morgan fingerprint density at radius 3 is 2.43 bits per heavy atom. The third-order valence-corrected chi connectivity index (χ3v) is 8.94. The molecule has 51 heavy (non-hydrogen) atoms. The minimum absolute atomic E-state index is 0.0455. The molecule has 2 aliphatic rings. The average molecular weight is 712 g/mol. The molecular formula is C37H46F3N6O5+. The third kappa shape index (κ3) is 11.8. The topological polar surface area (TPSA) is 122 Å². The minimum Gasteiger partial charge on any atom is -0.353 e. The van der Waals surface area contributed by atoms with Gasteiger partial charge in [-0.15, -0.1) is 11.8 Å². The van der Waals surface area contributed by atoms with Crippen molar-refractivity contribution in [2.45, 2.75) is 82.2 Å². The summed E-state index contributed by atoms with van der Waals surface area (Å²) in [7, 11) is 4.12. The number of hydrogen-bond donors (Lipinski definition) is 3. The Bertz CT molecular complexity index is 1640. The molecule has 0 spiro atoms. The summed E-state index contributed by atoms with van der Waals surface area (Å²) in [5.74, 6) is 5.39. The molecule has 2 aromatic carbocycles. The Hall–Kier alpha value is -4.45. The summed E-state index contributed by atoms with van der Waals surface area (Å²) >= 11 is 0. The second kappa shape index (κ2) is 18.2. The molecule has 1 aromatic heterocycles. The minimum atomic E-state index is -4.75. The molecule has 2 heterocycles. The van der Waals surface area contributed by atoms with Crippen LogP contribution in [-0.2, 0) is 20.4 Å². The van der Waals surface area contributed by atoms with Gasteiger partial charge in [0.25, 0.3) is 6.20 Å².